The third-order valence-electron chi connectivity index (χ3n) is 4.63. The summed E-state index contributed by atoms with van der Waals surface area (Å²) in [6, 6.07) is 6.44. The molecule has 0 aliphatic carbocycles. The van der Waals surface area contributed by atoms with Gasteiger partial charge < -0.3 is 0 Å². The van der Waals surface area contributed by atoms with Crippen LogP contribution in [-0.2, 0) is 6.67 Å². The molecule has 5 heteroatoms. The largest absolute Gasteiger partial charge is 0.284 e. The molecular formula is C18H26N4S. The van der Waals surface area contributed by atoms with Crippen molar-refractivity contribution >= 4 is 12.2 Å². The average molecular weight is 331 g/mol. The molecule has 1 aliphatic rings. The summed E-state index contributed by atoms with van der Waals surface area (Å²) in [6.07, 6.45) is 8.49. The smallest absolute Gasteiger partial charge is 0.203 e. The van der Waals surface area contributed by atoms with Crippen molar-refractivity contribution in [2.45, 2.75) is 52.6 Å². The normalized spacial score (nSPS) is 17.0. The summed E-state index contributed by atoms with van der Waals surface area (Å²) in [5.41, 5.74) is 3.62. The molecule has 0 atom stereocenters. The molecule has 0 radical (unpaired) electrons. The Kier molecular flexibility index (Phi) is 5.28. The standard InChI is InChI=1S/C18H26N4S/c1-15-8-9-17(16(2)12-15)21-13-19-22(18(21)23)14-20-10-6-4-3-5-7-11-20/h8-9,12-13H,3-7,10-11,14H2,1-2H3. The molecular weight excluding hydrogens is 304 g/mol. The Hall–Kier alpha value is -1.46. The molecule has 0 spiro atoms. The van der Waals surface area contributed by atoms with E-state index in [0.717, 1.165) is 30.2 Å². The fraction of sp³-hybridized carbons (Fsp3) is 0.556. The van der Waals surface area contributed by atoms with E-state index < -0.39 is 0 Å². The van der Waals surface area contributed by atoms with E-state index in [2.05, 4.69) is 42.0 Å². The van der Waals surface area contributed by atoms with Crippen LogP contribution in [0.25, 0.3) is 5.69 Å². The molecule has 0 unspecified atom stereocenters. The highest BCUT2D eigenvalue weighted by molar-refractivity contribution is 7.71. The van der Waals surface area contributed by atoms with E-state index in [9.17, 15) is 0 Å². The Balaban J connectivity index is 1.80. The zero-order valence-electron chi connectivity index (χ0n) is 14.2. The first kappa shape index (κ1) is 16.4. The minimum absolute atomic E-state index is 0.777. The quantitative estimate of drug-likeness (QED) is 0.787. The van der Waals surface area contributed by atoms with Crippen LogP contribution in [0.5, 0.6) is 0 Å². The van der Waals surface area contributed by atoms with Crippen molar-refractivity contribution in [3.8, 4) is 5.69 Å². The second-order valence-electron chi connectivity index (χ2n) is 6.60. The monoisotopic (exact) mass is 330 g/mol. The van der Waals surface area contributed by atoms with Gasteiger partial charge in [0.2, 0.25) is 4.77 Å². The van der Waals surface area contributed by atoms with Crippen molar-refractivity contribution in [1.29, 1.82) is 0 Å². The van der Waals surface area contributed by atoms with Gasteiger partial charge in [-0.15, -0.1) is 0 Å². The second-order valence-corrected chi connectivity index (χ2v) is 6.97. The van der Waals surface area contributed by atoms with E-state index in [1.807, 2.05) is 15.6 Å². The minimum atomic E-state index is 0.777. The lowest BCUT2D eigenvalue weighted by atomic mass is 10.1. The van der Waals surface area contributed by atoms with Crippen LogP contribution in [-0.4, -0.2) is 32.3 Å². The fourth-order valence-electron chi connectivity index (χ4n) is 3.32. The highest BCUT2D eigenvalue weighted by atomic mass is 32.1. The number of hydrogen-bond acceptors (Lipinski definition) is 3. The van der Waals surface area contributed by atoms with Crippen molar-refractivity contribution in [3.05, 3.63) is 40.4 Å². The molecule has 0 bridgehead atoms. The molecule has 124 valence electrons. The Bertz CT molecular complexity index is 708. The summed E-state index contributed by atoms with van der Waals surface area (Å²) in [6.45, 7) is 7.34. The summed E-state index contributed by atoms with van der Waals surface area (Å²) >= 11 is 5.67. The zero-order chi connectivity index (χ0) is 16.2. The van der Waals surface area contributed by atoms with E-state index in [-0.39, 0.29) is 0 Å². The molecule has 0 N–H and O–H groups in total. The topological polar surface area (TPSA) is 26.0 Å². The highest BCUT2D eigenvalue weighted by Gasteiger charge is 2.12. The molecule has 0 amide bonds. The van der Waals surface area contributed by atoms with Crippen molar-refractivity contribution < 1.29 is 0 Å². The van der Waals surface area contributed by atoms with Crippen LogP contribution in [0, 0.1) is 18.6 Å². The third kappa shape index (κ3) is 3.90. The Morgan fingerprint density at radius 1 is 1.04 bits per heavy atom. The molecule has 3 rings (SSSR count). The number of hydrogen-bond donors (Lipinski definition) is 0. The van der Waals surface area contributed by atoms with Gasteiger partial charge in [-0.25, -0.2) is 4.68 Å². The molecule has 1 aromatic carbocycles. The van der Waals surface area contributed by atoms with Crippen LogP contribution in [0.4, 0.5) is 0 Å². The molecule has 1 aromatic heterocycles. The van der Waals surface area contributed by atoms with Gasteiger partial charge >= 0.3 is 0 Å². The molecule has 4 nitrogen and oxygen atoms in total. The summed E-state index contributed by atoms with van der Waals surface area (Å²) in [7, 11) is 0. The van der Waals surface area contributed by atoms with Crippen LogP contribution in [0.2, 0.25) is 0 Å². The number of benzene rings is 1. The lowest BCUT2D eigenvalue weighted by Gasteiger charge is -2.24. The maximum absolute atomic E-state index is 5.67. The van der Waals surface area contributed by atoms with Crippen LogP contribution in [0.3, 0.4) is 0 Å². The maximum Gasteiger partial charge on any atom is 0.203 e. The summed E-state index contributed by atoms with van der Waals surface area (Å²) in [4.78, 5) is 2.48. The SMILES string of the molecule is Cc1ccc(-n2cnn(CN3CCCCCCC3)c2=S)c(C)c1. The Morgan fingerprint density at radius 2 is 1.74 bits per heavy atom. The first-order valence-corrected chi connectivity index (χ1v) is 9.00. The zero-order valence-corrected chi connectivity index (χ0v) is 15.0. The van der Waals surface area contributed by atoms with E-state index in [0.29, 0.717) is 0 Å². The summed E-state index contributed by atoms with van der Waals surface area (Å²) in [5.74, 6) is 0. The molecule has 2 heterocycles. The predicted octanol–water partition coefficient (Wildman–Crippen LogP) is 4.24. The van der Waals surface area contributed by atoms with Gasteiger partial charge in [-0.1, -0.05) is 37.0 Å². The summed E-state index contributed by atoms with van der Waals surface area (Å²) < 4.78 is 4.75. The van der Waals surface area contributed by atoms with Crippen molar-refractivity contribution in [1.82, 2.24) is 19.2 Å². The highest BCUT2D eigenvalue weighted by Crippen LogP contribution is 2.17. The van der Waals surface area contributed by atoms with Crippen molar-refractivity contribution in [3.63, 3.8) is 0 Å². The van der Waals surface area contributed by atoms with Gasteiger partial charge in [-0.05, 0) is 63.6 Å². The number of aryl methyl sites for hydroxylation is 2. The van der Waals surface area contributed by atoms with Crippen LogP contribution >= 0.6 is 12.2 Å². The number of likely N-dealkylation sites (tertiary alicyclic amines) is 1. The molecule has 1 fully saturated rings. The minimum Gasteiger partial charge on any atom is -0.284 e. The maximum atomic E-state index is 5.67. The molecule has 1 saturated heterocycles. The van der Waals surface area contributed by atoms with Crippen LogP contribution in [0.15, 0.2) is 24.5 Å². The average Bonchev–Trinajstić information content (AvgIpc) is 2.83. The van der Waals surface area contributed by atoms with E-state index in [4.69, 9.17) is 12.2 Å². The molecule has 23 heavy (non-hydrogen) atoms. The van der Waals surface area contributed by atoms with Gasteiger partial charge in [0.25, 0.3) is 0 Å². The number of aromatic nitrogens is 3. The van der Waals surface area contributed by atoms with Gasteiger partial charge in [0.05, 0.1) is 12.4 Å². The van der Waals surface area contributed by atoms with Crippen molar-refractivity contribution in [2.24, 2.45) is 0 Å². The van der Waals surface area contributed by atoms with E-state index in [1.54, 1.807) is 0 Å². The molecule has 1 aliphatic heterocycles. The Labute approximate surface area is 143 Å². The number of nitrogens with zero attached hydrogens (tertiary/aromatic N) is 4. The first-order chi connectivity index (χ1) is 11.1. The third-order valence-corrected chi connectivity index (χ3v) is 5.04. The Morgan fingerprint density at radius 3 is 2.43 bits per heavy atom. The predicted molar refractivity (Wildman–Crippen MR) is 96.5 cm³/mol. The summed E-state index contributed by atoms with van der Waals surface area (Å²) in [5, 5.41) is 4.54. The van der Waals surface area contributed by atoms with Crippen LogP contribution in [0.1, 0.15) is 43.2 Å². The second kappa shape index (κ2) is 7.41. The van der Waals surface area contributed by atoms with Gasteiger partial charge in [0, 0.05) is 0 Å². The fourth-order valence-corrected chi connectivity index (χ4v) is 3.57. The molecule has 0 saturated carbocycles. The van der Waals surface area contributed by atoms with Gasteiger partial charge in [-0.3, -0.25) is 9.47 Å². The first-order valence-electron chi connectivity index (χ1n) is 8.59. The van der Waals surface area contributed by atoms with Gasteiger partial charge in [0.15, 0.2) is 0 Å². The van der Waals surface area contributed by atoms with Crippen molar-refractivity contribution in [2.75, 3.05) is 13.1 Å². The van der Waals surface area contributed by atoms with E-state index in [1.165, 1.54) is 43.2 Å². The lowest BCUT2D eigenvalue weighted by Crippen LogP contribution is -2.30. The van der Waals surface area contributed by atoms with Crippen LogP contribution < -0.4 is 0 Å². The molecule has 2 aromatic rings. The van der Waals surface area contributed by atoms with E-state index >= 15 is 0 Å². The van der Waals surface area contributed by atoms with Gasteiger partial charge in [0.1, 0.15) is 6.33 Å². The van der Waals surface area contributed by atoms with Gasteiger partial charge in [-0.2, -0.15) is 5.10 Å². The number of rotatable bonds is 3. The lowest BCUT2D eigenvalue weighted by molar-refractivity contribution is 0.188.